The third kappa shape index (κ3) is 38.2. The summed E-state index contributed by atoms with van der Waals surface area (Å²) in [6.07, 6.45) is 1.25. The van der Waals surface area contributed by atoms with Gasteiger partial charge < -0.3 is 5.11 Å². The molecule has 0 aliphatic heterocycles. The highest BCUT2D eigenvalue weighted by Crippen LogP contribution is 1.83. The fourth-order valence-corrected chi connectivity index (χ4v) is 0. The topological polar surface area (TPSA) is 20.2 Å². The number of hydrogen-bond acceptors (Lipinski definition) is 1. The molecule has 0 fully saturated rings. The van der Waals surface area contributed by atoms with Crippen molar-refractivity contribution in [2.45, 2.75) is 34.1 Å². The van der Waals surface area contributed by atoms with Gasteiger partial charge in [-0.1, -0.05) is 34.1 Å². The minimum Gasteiger partial charge on any atom is -0.396 e. The van der Waals surface area contributed by atoms with Crippen LogP contribution in [0.4, 0.5) is 0 Å². The monoisotopic (exact) mass is 118 g/mol. The van der Waals surface area contributed by atoms with Crippen LogP contribution in [0.15, 0.2) is 0 Å². The molecule has 1 nitrogen and oxygen atoms in total. The second-order valence-corrected chi connectivity index (χ2v) is 2.28. The van der Waals surface area contributed by atoms with Crippen molar-refractivity contribution in [3.63, 3.8) is 0 Å². The first-order chi connectivity index (χ1) is 3.68. The van der Waals surface area contributed by atoms with Gasteiger partial charge in [0.2, 0.25) is 0 Å². The zero-order valence-corrected chi connectivity index (χ0v) is 6.44. The summed E-state index contributed by atoms with van der Waals surface area (Å²) in [5, 5.41) is 8.14. The van der Waals surface area contributed by atoms with Crippen molar-refractivity contribution < 1.29 is 5.11 Å². The average molecular weight is 118 g/mol. The second kappa shape index (κ2) is 10.0. The number of hydrogen-bond donors (Lipinski definition) is 1. The maximum atomic E-state index is 8.14. The molecule has 1 heteroatoms. The van der Waals surface area contributed by atoms with Gasteiger partial charge in [-0.25, -0.2) is 0 Å². The predicted octanol–water partition coefficient (Wildman–Crippen LogP) is 2.05. The van der Waals surface area contributed by atoms with E-state index in [0.717, 1.165) is 0 Å². The molecule has 0 saturated heterocycles. The van der Waals surface area contributed by atoms with Crippen molar-refractivity contribution in [1.82, 2.24) is 0 Å². The lowest BCUT2D eigenvalue weighted by Crippen LogP contribution is -1.90. The van der Waals surface area contributed by atoms with Gasteiger partial charge in [0.15, 0.2) is 0 Å². The molecule has 0 aromatic carbocycles. The fraction of sp³-hybridized carbons (Fsp3) is 1.00. The van der Waals surface area contributed by atoms with E-state index in [0.29, 0.717) is 12.5 Å². The maximum Gasteiger partial charge on any atom is 0.0453 e. The Morgan fingerprint density at radius 2 is 1.38 bits per heavy atom. The molecule has 8 heavy (non-hydrogen) atoms. The molecule has 0 radical (unpaired) electrons. The molecular weight excluding hydrogens is 100 g/mol. The Bertz CT molecular complexity index is 25.6. The summed E-state index contributed by atoms with van der Waals surface area (Å²) >= 11 is 0. The minimum absolute atomic E-state index is 0.306. The van der Waals surface area contributed by atoms with Gasteiger partial charge in [0, 0.05) is 6.61 Å². The molecule has 0 aromatic heterocycles. The van der Waals surface area contributed by atoms with Gasteiger partial charge in [-0.05, 0) is 5.92 Å². The average Bonchev–Trinajstić information content (AvgIpc) is 1.69. The number of rotatable bonds is 1. The fourth-order valence-electron chi connectivity index (χ4n) is 0. The summed E-state index contributed by atoms with van der Waals surface area (Å²) in [6, 6.07) is 0. The Morgan fingerprint density at radius 1 is 1.25 bits per heavy atom. The molecule has 52 valence electrons. The Balaban J connectivity index is 0. The first kappa shape index (κ1) is 10.9. The van der Waals surface area contributed by atoms with E-state index >= 15 is 0 Å². The summed E-state index contributed by atoms with van der Waals surface area (Å²) in [4.78, 5) is 0. The van der Waals surface area contributed by atoms with Crippen LogP contribution in [0.25, 0.3) is 0 Å². The molecule has 0 heterocycles. The number of aliphatic hydroxyl groups is 1. The lowest BCUT2D eigenvalue weighted by molar-refractivity contribution is 0.248. The molecule has 0 aliphatic carbocycles. The van der Waals surface area contributed by atoms with Crippen LogP contribution in [0, 0.1) is 5.92 Å². The first-order valence-corrected chi connectivity index (χ1v) is 3.29. The minimum atomic E-state index is 0.306. The first-order valence-electron chi connectivity index (χ1n) is 3.29. The Morgan fingerprint density at radius 3 is 1.38 bits per heavy atom. The third-order valence-corrected chi connectivity index (χ3v) is 0.365. The van der Waals surface area contributed by atoms with E-state index in [1.165, 1.54) is 6.42 Å². The molecule has 0 aliphatic rings. The summed E-state index contributed by atoms with van der Waals surface area (Å²) in [5.41, 5.74) is 0. The zero-order chi connectivity index (χ0) is 6.99. The van der Waals surface area contributed by atoms with E-state index in [1.54, 1.807) is 0 Å². The SMILES string of the molecule is CC(C)CO.CCC. The van der Waals surface area contributed by atoms with Crippen LogP contribution in [0.5, 0.6) is 0 Å². The van der Waals surface area contributed by atoms with E-state index in [4.69, 9.17) is 5.11 Å². The molecule has 1 N–H and O–H groups in total. The largest absolute Gasteiger partial charge is 0.396 e. The Kier molecular flexibility index (Phi) is 13.6. The number of aliphatic hydroxyl groups excluding tert-OH is 1. The lowest BCUT2D eigenvalue weighted by atomic mass is 10.2. The molecule has 0 spiro atoms. The van der Waals surface area contributed by atoms with Crippen molar-refractivity contribution in [1.29, 1.82) is 0 Å². The summed E-state index contributed by atoms with van der Waals surface area (Å²) < 4.78 is 0. The normalized spacial score (nSPS) is 8.25. The molecule has 0 saturated carbocycles. The van der Waals surface area contributed by atoms with E-state index in [-0.39, 0.29) is 0 Å². The van der Waals surface area contributed by atoms with Crippen molar-refractivity contribution in [2.75, 3.05) is 6.61 Å². The Labute approximate surface area is 52.7 Å². The predicted molar refractivity (Wildman–Crippen MR) is 37.9 cm³/mol. The zero-order valence-electron chi connectivity index (χ0n) is 6.44. The molecule has 0 unspecified atom stereocenters. The lowest BCUT2D eigenvalue weighted by Gasteiger charge is -1.90. The van der Waals surface area contributed by atoms with E-state index < -0.39 is 0 Å². The summed E-state index contributed by atoms with van der Waals surface area (Å²) in [5.74, 6) is 0.440. The van der Waals surface area contributed by atoms with Crippen LogP contribution in [0.3, 0.4) is 0 Å². The van der Waals surface area contributed by atoms with Crippen LogP contribution >= 0.6 is 0 Å². The standard InChI is InChI=1S/C4H10O.C3H8/c1-4(2)3-5;1-3-2/h4-5H,3H2,1-2H3;3H2,1-2H3. The second-order valence-electron chi connectivity index (χ2n) is 2.28. The van der Waals surface area contributed by atoms with Gasteiger partial charge in [0.1, 0.15) is 0 Å². The van der Waals surface area contributed by atoms with Crippen molar-refractivity contribution in [3.05, 3.63) is 0 Å². The van der Waals surface area contributed by atoms with Crippen LogP contribution in [-0.4, -0.2) is 11.7 Å². The highest BCUT2D eigenvalue weighted by Gasteiger charge is 1.81. The smallest absolute Gasteiger partial charge is 0.0453 e. The van der Waals surface area contributed by atoms with E-state index in [2.05, 4.69) is 13.8 Å². The van der Waals surface area contributed by atoms with Crippen molar-refractivity contribution in [2.24, 2.45) is 5.92 Å². The molecular formula is C7H18O. The van der Waals surface area contributed by atoms with Gasteiger partial charge in [0.05, 0.1) is 0 Å². The van der Waals surface area contributed by atoms with Crippen LogP contribution in [0.1, 0.15) is 34.1 Å². The molecule has 0 aromatic rings. The van der Waals surface area contributed by atoms with Gasteiger partial charge in [0.25, 0.3) is 0 Å². The summed E-state index contributed by atoms with van der Waals surface area (Å²) in [7, 11) is 0. The van der Waals surface area contributed by atoms with Crippen LogP contribution in [0.2, 0.25) is 0 Å². The van der Waals surface area contributed by atoms with Gasteiger partial charge in [-0.2, -0.15) is 0 Å². The quantitative estimate of drug-likeness (QED) is 0.558. The van der Waals surface area contributed by atoms with E-state index in [9.17, 15) is 0 Å². The van der Waals surface area contributed by atoms with Crippen LogP contribution in [-0.2, 0) is 0 Å². The third-order valence-electron chi connectivity index (χ3n) is 0.365. The molecule has 0 atom stereocenters. The molecule has 0 bridgehead atoms. The highest BCUT2D eigenvalue weighted by molar-refractivity contribution is 4.32. The van der Waals surface area contributed by atoms with Crippen molar-refractivity contribution >= 4 is 0 Å². The van der Waals surface area contributed by atoms with Gasteiger partial charge >= 0.3 is 0 Å². The highest BCUT2D eigenvalue weighted by atomic mass is 16.3. The van der Waals surface area contributed by atoms with E-state index in [1.807, 2.05) is 13.8 Å². The van der Waals surface area contributed by atoms with Crippen LogP contribution < -0.4 is 0 Å². The van der Waals surface area contributed by atoms with Crippen molar-refractivity contribution in [3.8, 4) is 0 Å². The Hall–Kier alpha value is -0.0400. The molecule has 0 amide bonds. The summed E-state index contributed by atoms with van der Waals surface area (Å²) in [6.45, 7) is 8.50. The maximum absolute atomic E-state index is 8.14. The van der Waals surface area contributed by atoms with Gasteiger partial charge in [-0.3, -0.25) is 0 Å². The van der Waals surface area contributed by atoms with Gasteiger partial charge in [-0.15, -0.1) is 0 Å². The molecule has 0 rings (SSSR count).